The van der Waals surface area contributed by atoms with Crippen molar-refractivity contribution in [2.45, 2.75) is 18.6 Å². The van der Waals surface area contributed by atoms with E-state index in [2.05, 4.69) is 9.97 Å². The van der Waals surface area contributed by atoms with Crippen LogP contribution in [0.3, 0.4) is 0 Å². The second-order valence-electron chi connectivity index (χ2n) is 7.50. The van der Waals surface area contributed by atoms with Crippen molar-refractivity contribution >= 4 is 17.3 Å². The van der Waals surface area contributed by atoms with Crippen molar-refractivity contribution in [3.63, 3.8) is 0 Å². The summed E-state index contributed by atoms with van der Waals surface area (Å²) in [5.74, 6) is -0.0919. The van der Waals surface area contributed by atoms with Gasteiger partial charge in [0.25, 0.3) is 5.91 Å². The van der Waals surface area contributed by atoms with Crippen LogP contribution in [0.4, 0.5) is 11.4 Å². The van der Waals surface area contributed by atoms with Crippen molar-refractivity contribution in [2.24, 2.45) is 0 Å². The van der Waals surface area contributed by atoms with Crippen LogP contribution in [0.2, 0.25) is 0 Å². The van der Waals surface area contributed by atoms with Crippen LogP contribution in [-0.4, -0.2) is 15.9 Å². The third kappa shape index (κ3) is 3.49. The van der Waals surface area contributed by atoms with Gasteiger partial charge in [0.15, 0.2) is 5.60 Å². The van der Waals surface area contributed by atoms with Gasteiger partial charge in [0.05, 0.1) is 12.3 Å². The van der Waals surface area contributed by atoms with Gasteiger partial charge in [0, 0.05) is 42.5 Å². The van der Waals surface area contributed by atoms with Crippen molar-refractivity contribution < 1.29 is 9.53 Å². The van der Waals surface area contributed by atoms with Gasteiger partial charge in [-0.2, -0.15) is 0 Å². The van der Waals surface area contributed by atoms with Gasteiger partial charge < -0.3 is 4.74 Å². The molecule has 0 bridgehead atoms. The molecule has 1 aliphatic heterocycles. The lowest BCUT2D eigenvalue weighted by Gasteiger charge is -2.29. The minimum absolute atomic E-state index is 0.0919. The summed E-state index contributed by atoms with van der Waals surface area (Å²) in [6, 6.07) is 25.2. The molecule has 5 heteroatoms. The molecule has 31 heavy (non-hydrogen) atoms. The average molecular weight is 407 g/mol. The Morgan fingerprint density at radius 3 is 2.06 bits per heavy atom. The topological polar surface area (TPSA) is 55.3 Å². The zero-order valence-corrected chi connectivity index (χ0v) is 16.9. The molecule has 2 aromatic heterocycles. The third-order valence-corrected chi connectivity index (χ3v) is 5.58. The Hall–Kier alpha value is -3.83. The highest BCUT2D eigenvalue weighted by molar-refractivity contribution is 6.12. The molecular weight excluding hydrogens is 386 g/mol. The lowest BCUT2D eigenvalue weighted by molar-refractivity contribution is -0.145. The molecule has 0 radical (unpaired) electrons. The second-order valence-corrected chi connectivity index (χ2v) is 7.50. The van der Waals surface area contributed by atoms with E-state index < -0.39 is 5.60 Å². The van der Waals surface area contributed by atoms with Crippen molar-refractivity contribution in [2.75, 3.05) is 4.90 Å². The summed E-state index contributed by atoms with van der Waals surface area (Å²) in [7, 11) is 0. The van der Waals surface area contributed by atoms with Gasteiger partial charge in [-0.25, -0.2) is 0 Å². The third-order valence-electron chi connectivity index (χ3n) is 5.58. The number of para-hydroxylation sites is 2. The number of amides is 1. The molecule has 1 atom stereocenters. The molecule has 5 rings (SSSR count). The smallest absolute Gasteiger partial charge is 0.268 e. The standard InChI is InChI=1S/C26H21N3O2/c30-25-26(18-20-10-14-27-15-11-20,31-19-21-12-16-28-17-13-21)23-8-4-5-9-24(23)29(25)22-6-2-1-3-7-22/h1-17H,18-19H2. The number of fused-ring (bicyclic) bond motifs is 1. The maximum absolute atomic E-state index is 14.1. The molecule has 0 fully saturated rings. The first kappa shape index (κ1) is 19.2. The Bertz CT molecular complexity index is 1180. The number of rotatable bonds is 6. The molecule has 0 saturated heterocycles. The van der Waals surface area contributed by atoms with Gasteiger partial charge in [-0.1, -0.05) is 36.4 Å². The van der Waals surface area contributed by atoms with E-state index in [1.807, 2.05) is 78.9 Å². The summed E-state index contributed by atoms with van der Waals surface area (Å²) in [6.07, 6.45) is 7.36. The van der Waals surface area contributed by atoms with Crippen LogP contribution in [-0.2, 0) is 28.2 Å². The van der Waals surface area contributed by atoms with Crippen LogP contribution >= 0.6 is 0 Å². The molecule has 2 aromatic carbocycles. The Morgan fingerprint density at radius 2 is 1.35 bits per heavy atom. The quantitative estimate of drug-likeness (QED) is 0.460. The first-order valence-corrected chi connectivity index (χ1v) is 10.2. The van der Waals surface area contributed by atoms with Crippen molar-refractivity contribution in [1.29, 1.82) is 0 Å². The molecule has 4 aromatic rings. The fourth-order valence-electron chi connectivity index (χ4n) is 4.08. The number of carbonyl (C=O) groups excluding carboxylic acids is 1. The number of benzene rings is 2. The normalized spacial score (nSPS) is 17.5. The monoisotopic (exact) mass is 407 g/mol. The molecule has 0 aliphatic carbocycles. The van der Waals surface area contributed by atoms with Gasteiger partial charge in [0.1, 0.15) is 0 Å². The molecule has 0 spiro atoms. The summed E-state index contributed by atoms with van der Waals surface area (Å²) in [4.78, 5) is 24.0. The largest absolute Gasteiger partial charge is 0.355 e. The van der Waals surface area contributed by atoms with Crippen LogP contribution in [0.25, 0.3) is 0 Å². The van der Waals surface area contributed by atoms with E-state index in [1.165, 1.54) is 0 Å². The predicted octanol–water partition coefficient (Wildman–Crippen LogP) is 4.81. The number of carbonyl (C=O) groups is 1. The molecular formula is C26H21N3O2. The SMILES string of the molecule is O=C1N(c2ccccc2)c2ccccc2C1(Cc1ccncc1)OCc1ccncc1. The molecule has 152 valence electrons. The number of nitrogens with zero attached hydrogens (tertiary/aromatic N) is 3. The van der Waals surface area contributed by atoms with E-state index in [9.17, 15) is 4.79 Å². The zero-order valence-electron chi connectivity index (χ0n) is 16.9. The maximum Gasteiger partial charge on any atom is 0.268 e. The first-order valence-electron chi connectivity index (χ1n) is 10.2. The highest BCUT2D eigenvalue weighted by atomic mass is 16.5. The highest BCUT2D eigenvalue weighted by Gasteiger charge is 2.52. The van der Waals surface area contributed by atoms with Crippen LogP contribution in [0, 0.1) is 0 Å². The number of aromatic nitrogens is 2. The van der Waals surface area contributed by atoms with Gasteiger partial charge >= 0.3 is 0 Å². The Morgan fingerprint density at radius 1 is 0.742 bits per heavy atom. The number of hydrogen-bond donors (Lipinski definition) is 0. The summed E-state index contributed by atoms with van der Waals surface area (Å²) in [6.45, 7) is 0.302. The van der Waals surface area contributed by atoms with Gasteiger partial charge in [0.2, 0.25) is 0 Å². The summed E-state index contributed by atoms with van der Waals surface area (Å²) in [5, 5.41) is 0. The number of pyridine rings is 2. The van der Waals surface area contributed by atoms with Crippen LogP contribution < -0.4 is 4.90 Å². The minimum atomic E-state index is -1.14. The van der Waals surface area contributed by atoms with E-state index in [4.69, 9.17) is 4.74 Å². The molecule has 5 nitrogen and oxygen atoms in total. The second kappa shape index (κ2) is 8.13. The predicted molar refractivity (Wildman–Crippen MR) is 119 cm³/mol. The van der Waals surface area contributed by atoms with E-state index in [0.717, 1.165) is 28.1 Å². The lowest BCUT2D eigenvalue weighted by atomic mass is 9.88. The van der Waals surface area contributed by atoms with Crippen molar-refractivity contribution in [3.8, 4) is 0 Å². The Balaban J connectivity index is 1.62. The zero-order chi connectivity index (χ0) is 21.1. The van der Waals surface area contributed by atoms with E-state index in [1.54, 1.807) is 29.7 Å². The Labute approximate surface area is 181 Å². The lowest BCUT2D eigenvalue weighted by Crippen LogP contribution is -2.42. The fraction of sp³-hybridized carbons (Fsp3) is 0.115. The summed E-state index contributed by atoms with van der Waals surface area (Å²) >= 11 is 0. The van der Waals surface area contributed by atoms with Crippen molar-refractivity contribution in [1.82, 2.24) is 9.97 Å². The van der Waals surface area contributed by atoms with Gasteiger partial charge in [-0.05, 0) is 53.6 Å². The Kier molecular flexibility index (Phi) is 5.02. The molecule has 0 N–H and O–H groups in total. The number of anilines is 2. The van der Waals surface area contributed by atoms with E-state index in [0.29, 0.717) is 13.0 Å². The highest BCUT2D eigenvalue weighted by Crippen LogP contribution is 2.48. The molecule has 1 aliphatic rings. The van der Waals surface area contributed by atoms with Crippen LogP contribution in [0.1, 0.15) is 16.7 Å². The first-order chi connectivity index (χ1) is 15.3. The number of hydrogen-bond acceptors (Lipinski definition) is 4. The fourth-order valence-corrected chi connectivity index (χ4v) is 4.08. The number of ether oxygens (including phenoxy) is 1. The molecule has 0 saturated carbocycles. The summed E-state index contributed by atoms with van der Waals surface area (Å²) in [5.41, 5.74) is 3.36. The van der Waals surface area contributed by atoms with Crippen LogP contribution in [0.15, 0.2) is 104 Å². The van der Waals surface area contributed by atoms with E-state index >= 15 is 0 Å². The van der Waals surface area contributed by atoms with Gasteiger partial charge in [-0.15, -0.1) is 0 Å². The van der Waals surface area contributed by atoms with Gasteiger partial charge in [-0.3, -0.25) is 19.7 Å². The molecule has 1 amide bonds. The van der Waals surface area contributed by atoms with Crippen molar-refractivity contribution in [3.05, 3.63) is 120 Å². The van der Waals surface area contributed by atoms with E-state index in [-0.39, 0.29) is 5.91 Å². The molecule has 3 heterocycles. The summed E-state index contributed by atoms with van der Waals surface area (Å²) < 4.78 is 6.53. The maximum atomic E-state index is 14.1. The minimum Gasteiger partial charge on any atom is -0.355 e. The molecule has 1 unspecified atom stereocenters. The van der Waals surface area contributed by atoms with Crippen LogP contribution in [0.5, 0.6) is 0 Å². The average Bonchev–Trinajstić information content (AvgIpc) is 3.08.